The lowest BCUT2D eigenvalue weighted by Crippen LogP contribution is -2.06. The molecule has 0 aromatic carbocycles. The summed E-state index contributed by atoms with van der Waals surface area (Å²) in [5, 5.41) is 0. The SMILES string of the molecule is C=C(C)C(=O)OCCCCCCCCOP(=O)(CCCCCC)OCCCCCCCCOC(=O)C(=C)C. The minimum absolute atomic E-state index is 0.320. The lowest BCUT2D eigenvalue weighted by Gasteiger charge is -2.19. The van der Waals surface area contributed by atoms with Gasteiger partial charge in [-0.1, -0.05) is 90.7 Å². The predicted octanol–water partition coefficient (Wildman–Crippen LogP) is 8.71. The van der Waals surface area contributed by atoms with Crippen molar-refractivity contribution >= 4 is 19.5 Å². The van der Waals surface area contributed by atoms with Gasteiger partial charge in [0.15, 0.2) is 0 Å². The molecule has 0 atom stereocenters. The molecular weight excluding hydrogens is 503 g/mol. The fourth-order valence-electron chi connectivity index (χ4n) is 3.70. The fraction of sp³-hybridized carbons (Fsp3) is 0.800. The molecule has 0 aromatic rings. The molecule has 38 heavy (non-hydrogen) atoms. The zero-order valence-electron chi connectivity index (χ0n) is 24.6. The molecule has 0 unspecified atom stereocenters. The lowest BCUT2D eigenvalue weighted by atomic mass is 10.1. The Labute approximate surface area is 232 Å². The molecule has 0 rings (SSSR count). The molecule has 0 aliphatic carbocycles. The maximum absolute atomic E-state index is 13.3. The Morgan fingerprint density at radius 1 is 0.553 bits per heavy atom. The van der Waals surface area contributed by atoms with Gasteiger partial charge in [0.2, 0.25) is 0 Å². The topological polar surface area (TPSA) is 88.1 Å². The van der Waals surface area contributed by atoms with E-state index in [1.165, 1.54) is 0 Å². The van der Waals surface area contributed by atoms with E-state index in [2.05, 4.69) is 20.1 Å². The molecule has 0 aromatic heterocycles. The Morgan fingerprint density at radius 3 is 1.26 bits per heavy atom. The number of rotatable bonds is 27. The molecule has 0 N–H and O–H groups in total. The van der Waals surface area contributed by atoms with Crippen molar-refractivity contribution in [1.82, 2.24) is 0 Å². The second kappa shape index (κ2) is 24.6. The van der Waals surface area contributed by atoms with Crippen LogP contribution in [0.25, 0.3) is 0 Å². The number of carbonyl (C=O) groups is 2. The van der Waals surface area contributed by atoms with Crippen molar-refractivity contribution < 1.29 is 32.7 Å². The van der Waals surface area contributed by atoms with Gasteiger partial charge in [-0.05, 0) is 46.0 Å². The summed E-state index contributed by atoms with van der Waals surface area (Å²) in [5.41, 5.74) is 0.869. The van der Waals surface area contributed by atoms with Crippen molar-refractivity contribution in [3.8, 4) is 0 Å². The molecule has 0 spiro atoms. The minimum atomic E-state index is -3.05. The third-order valence-electron chi connectivity index (χ3n) is 6.10. The summed E-state index contributed by atoms with van der Waals surface area (Å²) < 4.78 is 35.1. The maximum Gasteiger partial charge on any atom is 0.333 e. The van der Waals surface area contributed by atoms with Crippen molar-refractivity contribution in [3.05, 3.63) is 24.3 Å². The molecule has 0 radical (unpaired) electrons. The smallest absolute Gasteiger partial charge is 0.333 e. The number of carbonyl (C=O) groups excluding carboxylic acids is 2. The number of hydrogen-bond donors (Lipinski definition) is 0. The summed E-state index contributed by atoms with van der Waals surface area (Å²) in [6, 6.07) is 0. The van der Waals surface area contributed by atoms with E-state index in [0.717, 1.165) is 103 Å². The van der Waals surface area contributed by atoms with Crippen LogP contribution in [0.5, 0.6) is 0 Å². The first-order valence-corrected chi connectivity index (χ1v) is 16.5. The summed E-state index contributed by atoms with van der Waals surface area (Å²) >= 11 is 0. The largest absolute Gasteiger partial charge is 0.462 e. The van der Waals surface area contributed by atoms with Crippen molar-refractivity contribution in [1.29, 1.82) is 0 Å². The quantitative estimate of drug-likeness (QED) is 0.0431. The molecule has 0 amide bonds. The highest BCUT2D eigenvalue weighted by Crippen LogP contribution is 2.49. The first kappa shape index (κ1) is 36.6. The number of ether oxygens (including phenoxy) is 2. The van der Waals surface area contributed by atoms with Crippen molar-refractivity contribution in [3.63, 3.8) is 0 Å². The van der Waals surface area contributed by atoms with Crippen LogP contribution in [-0.2, 0) is 32.7 Å². The summed E-state index contributed by atoms with van der Waals surface area (Å²) in [4.78, 5) is 22.7. The van der Waals surface area contributed by atoms with E-state index in [4.69, 9.17) is 18.5 Å². The molecule has 0 fully saturated rings. The van der Waals surface area contributed by atoms with E-state index >= 15 is 0 Å². The van der Waals surface area contributed by atoms with E-state index < -0.39 is 7.60 Å². The molecule has 0 bridgehead atoms. The summed E-state index contributed by atoms with van der Waals surface area (Å²) in [5.74, 6) is -0.640. The summed E-state index contributed by atoms with van der Waals surface area (Å²) in [7, 11) is -3.05. The monoisotopic (exact) mass is 558 g/mol. The van der Waals surface area contributed by atoms with Crippen LogP contribution in [0.1, 0.15) is 124 Å². The molecule has 0 saturated carbocycles. The van der Waals surface area contributed by atoms with E-state index in [9.17, 15) is 14.2 Å². The third-order valence-corrected chi connectivity index (χ3v) is 8.12. The Balaban J connectivity index is 3.97. The molecular formula is C30H55O7P. The standard InChI is InChI=1S/C30H55O7P/c1-6-7-8-21-26-38(33,36-24-19-15-11-9-13-17-22-34-29(31)27(2)3)37-25-20-16-12-10-14-18-23-35-30(32)28(4)5/h2,4,6-26H2,1,3,5H3. The van der Waals surface area contributed by atoms with Crippen LogP contribution in [0.4, 0.5) is 0 Å². The van der Waals surface area contributed by atoms with Gasteiger partial charge in [-0.2, -0.15) is 0 Å². The Hall–Kier alpha value is -1.43. The molecule has 0 heterocycles. The van der Waals surface area contributed by atoms with Crippen LogP contribution < -0.4 is 0 Å². The number of unbranched alkanes of at least 4 members (excludes halogenated alkanes) is 13. The lowest BCUT2D eigenvalue weighted by molar-refractivity contribution is -0.139. The zero-order chi connectivity index (χ0) is 28.5. The minimum Gasteiger partial charge on any atom is -0.462 e. The molecule has 8 heteroatoms. The normalized spacial score (nSPS) is 11.3. The van der Waals surface area contributed by atoms with E-state index in [-0.39, 0.29) is 11.9 Å². The maximum atomic E-state index is 13.3. The van der Waals surface area contributed by atoms with Gasteiger partial charge in [0.1, 0.15) is 0 Å². The van der Waals surface area contributed by atoms with Gasteiger partial charge in [-0.25, -0.2) is 9.59 Å². The van der Waals surface area contributed by atoms with Crippen LogP contribution in [-0.4, -0.2) is 44.5 Å². The average Bonchev–Trinajstić information content (AvgIpc) is 2.88. The molecule has 7 nitrogen and oxygen atoms in total. The van der Waals surface area contributed by atoms with Gasteiger partial charge in [-0.3, -0.25) is 4.57 Å². The van der Waals surface area contributed by atoms with E-state index in [1.807, 2.05) is 0 Å². The highest BCUT2D eigenvalue weighted by molar-refractivity contribution is 7.53. The molecule has 0 saturated heterocycles. The molecule has 0 aliphatic rings. The van der Waals surface area contributed by atoms with Crippen LogP contribution in [0, 0.1) is 0 Å². The summed E-state index contributed by atoms with van der Waals surface area (Å²) in [6.07, 6.45) is 16.6. The molecule has 0 aliphatic heterocycles. The van der Waals surface area contributed by atoms with Crippen LogP contribution in [0.2, 0.25) is 0 Å². The summed E-state index contributed by atoms with van der Waals surface area (Å²) in [6.45, 7) is 14.4. The van der Waals surface area contributed by atoms with E-state index in [1.54, 1.807) is 13.8 Å². The highest BCUT2D eigenvalue weighted by atomic mass is 31.2. The van der Waals surface area contributed by atoms with Gasteiger partial charge >= 0.3 is 19.5 Å². The van der Waals surface area contributed by atoms with Gasteiger partial charge in [-0.15, -0.1) is 0 Å². The first-order chi connectivity index (χ1) is 18.2. The molecule has 222 valence electrons. The fourth-order valence-corrected chi connectivity index (χ4v) is 5.46. The van der Waals surface area contributed by atoms with Gasteiger partial charge in [0, 0.05) is 11.1 Å². The third kappa shape index (κ3) is 22.5. The highest BCUT2D eigenvalue weighted by Gasteiger charge is 2.23. The Kier molecular flexibility index (Phi) is 23.7. The van der Waals surface area contributed by atoms with E-state index in [0.29, 0.717) is 43.7 Å². The van der Waals surface area contributed by atoms with Crippen molar-refractivity contribution in [2.24, 2.45) is 0 Å². The number of esters is 2. The van der Waals surface area contributed by atoms with Crippen molar-refractivity contribution in [2.45, 2.75) is 124 Å². The second-order valence-corrected chi connectivity index (χ2v) is 12.3. The van der Waals surface area contributed by atoms with Gasteiger partial charge in [0.25, 0.3) is 0 Å². The van der Waals surface area contributed by atoms with Gasteiger partial charge in [0.05, 0.1) is 32.6 Å². The zero-order valence-corrected chi connectivity index (χ0v) is 25.5. The first-order valence-electron chi connectivity index (χ1n) is 14.7. The van der Waals surface area contributed by atoms with Crippen LogP contribution >= 0.6 is 7.60 Å². The van der Waals surface area contributed by atoms with Gasteiger partial charge < -0.3 is 18.5 Å². The second-order valence-electron chi connectivity index (χ2n) is 10.1. The van der Waals surface area contributed by atoms with Crippen LogP contribution in [0.3, 0.4) is 0 Å². The van der Waals surface area contributed by atoms with Crippen LogP contribution in [0.15, 0.2) is 24.3 Å². The number of hydrogen-bond acceptors (Lipinski definition) is 7. The van der Waals surface area contributed by atoms with Crippen molar-refractivity contribution in [2.75, 3.05) is 32.6 Å². The Bertz CT molecular complexity index is 655. The average molecular weight is 559 g/mol. The predicted molar refractivity (Wildman–Crippen MR) is 155 cm³/mol. The Morgan fingerprint density at radius 2 is 0.895 bits per heavy atom.